The molecular weight excluding hydrogens is 184 g/mol. The second-order valence-electron chi connectivity index (χ2n) is 4.42. The number of rotatable bonds is 3. The molecule has 1 fully saturated rings. The molecule has 2 nitrogen and oxygen atoms in total. The first-order valence-electron chi connectivity index (χ1n) is 5.83. The van der Waals surface area contributed by atoms with Crippen LogP contribution in [0.1, 0.15) is 31.4 Å². The van der Waals surface area contributed by atoms with E-state index in [1.165, 1.54) is 31.5 Å². The Morgan fingerprint density at radius 2 is 1.73 bits per heavy atom. The van der Waals surface area contributed by atoms with Crippen LogP contribution in [0.5, 0.6) is 0 Å². The lowest BCUT2D eigenvalue weighted by atomic mass is 10.0. The number of nitrogens with two attached hydrogens (primary N) is 1. The van der Waals surface area contributed by atoms with E-state index < -0.39 is 0 Å². The van der Waals surface area contributed by atoms with Gasteiger partial charge in [0.05, 0.1) is 0 Å². The van der Waals surface area contributed by atoms with Crippen molar-refractivity contribution in [3.63, 3.8) is 0 Å². The molecule has 0 amide bonds. The summed E-state index contributed by atoms with van der Waals surface area (Å²) in [5.74, 6) is 0. The van der Waals surface area contributed by atoms with Gasteiger partial charge in [0.25, 0.3) is 0 Å². The molecule has 2 N–H and O–H groups in total. The van der Waals surface area contributed by atoms with Gasteiger partial charge in [0.2, 0.25) is 0 Å². The molecule has 82 valence electrons. The molecule has 1 saturated heterocycles. The SMILES string of the molecule is C[C@@H]([C@H](N)c1ccccc1)N1CCCC1. The van der Waals surface area contributed by atoms with Crippen molar-refractivity contribution in [2.45, 2.75) is 31.8 Å². The van der Waals surface area contributed by atoms with E-state index >= 15 is 0 Å². The summed E-state index contributed by atoms with van der Waals surface area (Å²) < 4.78 is 0. The summed E-state index contributed by atoms with van der Waals surface area (Å²) in [6.07, 6.45) is 2.65. The zero-order valence-corrected chi connectivity index (χ0v) is 9.39. The van der Waals surface area contributed by atoms with Crippen LogP contribution in [0.15, 0.2) is 30.3 Å². The fourth-order valence-corrected chi connectivity index (χ4v) is 2.33. The van der Waals surface area contributed by atoms with E-state index in [1.807, 2.05) is 6.07 Å². The third-order valence-electron chi connectivity index (χ3n) is 3.42. The van der Waals surface area contributed by atoms with Crippen molar-refractivity contribution in [1.29, 1.82) is 0 Å². The summed E-state index contributed by atoms with van der Waals surface area (Å²) in [6, 6.07) is 11.0. The maximum atomic E-state index is 6.28. The molecule has 15 heavy (non-hydrogen) atoms. The molecule has 1 aromatic carbocycles. The quantitative estimate of drug-likeness (QED) is 0.817. The van der Waals surface area contributed by atoms with Gasteiger partial charge < -0.3 is 5.73 Å². The Kier molecular flexibility index (Phi) is 3.39. The average Bonchev–Trinajstić information content (AvgIpc) is 2.82. The zero-order valence-electron chi connectivity index (χ0n) is 9.39. The smallest absolute Gasteiger partial charge is 0.0450 e. The summed E-state index contributed by atoms with van der Waals surface area (Å²) >= 11 is 0. The number of likely N-dealkylation sites (tertiary alicyclic amines) is 1. The Balaban J connectivity index is 2.03. The monoisotopic (exact) mass is 204 g/mol. The van der Waals surface area contributed by atoms with Crippen molar-refractivity contribution in [2.75, 3.05) is 13.1 Å². The third kappa shape index (κ3) is 2.39. The van der Waals surface area contributed by atoms with Gasteiger partial charge in [0.1, 0.15) is 0 Å². The number of nitrogens with zero attached hydrogens (tertiary/aromatic N) is 1. The molecule has 0 unspecified atom stereocenters. The molecule has 0 aromatic heterocycles. The molecule has 2 rings (SSSR count). The highest BCUT2D eigenvalue weighted by Gasteiger charge is 2.23. The largest absolute Gasteiger partial charge is 0.323 e. The first-order valence-corrected chi connectivity index (χ1v) is 5.83. The highest BCUT2D eigenvalue weighted by molar-refractivity contribution is 5.19. The second-order valence-corrected chi connectivity index (χ2v) is 4.42. The summed E-state index contributed by atoms with van der Waals surface area (Å²) in [5, 5.41) is 0. The molecule has 0 aliphatic carbocycles. The molecule has 0 saturated carbocycles. The van der Waals surface area contributed by atoms with Crippen molar-refractivity contribution in [2.24, 2.45) is 5.73 Å². The van der Waals surface area contributed by atoms with Gasteiger partial charge in [-0.15, -0.1) is 0 Å². The highest BCUT2D eigenvalue weighted by Crippen LogP contribution is 2.21. The van der Waals surface area contributed by atoms with Gasteiger partial charge in [0, 0.05) is 12.1 Å². The van der Waals surface area contributed by atoms with Gasteiger partial charge in [0.15, 0.2) is 0 Å². The Morgan fingerprint density at radius 3 is 2.33 bits per heavy atom. The fraction of sp³-hybridized carbons (Fsp3) is 0.538. The fourth-order valence-electron chi connectivity index (χ4n) is 2.33. The van der Waals surface area contributed by atoms with Crippen LogP contribution >= 0.6 is 0 Å². The van der Waals surface area contributed by atoms with Gasteiger partial charge in [-0.05, 0) is 38.4 Å². The Labute approximate surface area is 92.1 Å². The van der Waals surface area contributed by atoms with Crippen LogP contribution < -0.4 is 5.73 Å². The maximum absolute atomic E-state index is 6.28. The molecule has 0 radical (unpaired) electrons. The molecule has 1 aromatic rings. The first kappa shape index (κ1) is 10.7. The van der Waals surface area contributed by atoms with E-state index in [2.05, 4.69) is 36.1 Å². The van der Waals surface area contributed by atoms with Gasteiger partial charge in [-0.25, -0.2) is 0 Å². The second kappa shape index (κ2) is 4.77. The molecule has 2 heteroatoms. The van der Waals surface area contributed by atoms with Gasteiger partial charge in [-0.1, -0.05) is 30.3 Å². The molecule has 0 spiro atoms. The Hall–Kier alpha value is -0.860. The van der Waals surface area contributed by atoms with E-state index in [9.17, 15) is 0 Å². The Morgan fingerprint density at radius 1 is 1.13 bits per heavy atom. The molecule has 1 aliphatic heterocycles. The van der Waals surface area contributed by atoms with Crippen LogP contribution in [0.25, 0.3) is 0 Å². The first-order chi connectivity index (χ1) is 7.29. The third-order valence-corrected chi connectivity index (χ3v) is 3.42. The van der Waals surface area contributed by atoms with Crippen molar-refractivity contribution in [3.05, 3.63) is 35.9 Å². The van der Waals surface area contributed by atoms with E-state index in [4.69, 9.17) is 5.73 Å². The minimum atomic E-state index is 0.143. The maximum Gasteiger partial charge on any atom is 0.0450 e. The highest BCUT2D eigenvalue weighted by atomic mass is 15.2. The number of hydrogen-bond donors (Lipinski definition) is 1. The van der Waals surface area contributed by atoms with Crippen LogP contribution in [0.2, 0.25) is 0 Å². The number of hydrogen-bond acceptors (Lipinski definition) is 2. The van der Waals surface area contributed by atoms with E-state index in [-0.39, 0.29) is 6.04 Å². The summed E-state index contributed by atoms with van der Waals surface area (Å²) in [4.78, 5) is 2.50. The average molecular weight is 204 g/mol. The van der Waals surface area contributed by atoms with Crippen molar-refractivity contribution >= 4 is 0 Å². The molecule has 2 atom stereocenters. The van der Waals surface area contributed by atoms with E-state index in [1.54, 1.807) is 0 Å². The van der Waals surface area contributed by atoms with Gasteiger partial charge in [-0.3, -0.25) is 4.90 Å². The molecular formula is C13H20N2. The van der Waals surface area contributed by atoms with Crippen LogP contribution in [0.4, 0.5) is 0 Å². The summed E-state index contributed by atoms with van der Waals surface area (Å²) in [7, 11) is 0. The van der Waals surface area contributed by atoms with E-state index in [0.29, 0.717) is 6.04 Å². The molecule has 1 aliphatic rings. The zero-order chi connectivity index (χ0) is 10.7. The van der Waals surface area contributed by atoms with Gasteiger partial charge >= 0.3 is 0 Å². The topological polar surface area (TPSA) is 29.3 Å². The van der Waals surface area contributed by atoms with Crippen molar-refractivity contribution in [1.82, 2.24) is 4.90 Å². The van der Waals surface area contributed by atoms with Crippen LogP contribution in [0.3, 0.4) is 0 Å². The lowest BCUT2D eigenvalue weighted by Gasteiger charge is -2.29. The lowest BCUT2D eigenvalue weighted by Crippen LogP contribution is -2.38. The minimum absolute atomic E-state index is 0.143. The molecule has 1 heterocycles. The van der Waals surface area contributed by atoms with Crippen LogP contribution in [-0.2, 0) is 0 Å². The van der Waals surface area contributed by atoms with Gasteiger partial charge in [-0.2, -0.15) is 0 Å². The Bertz CT molecular complexity index is 291. The van der Waals surface area contributed by atoms with Crippen LogP contribution in [0, 0.1) is 0 Å². The normalized spacial score (nSPS) is 21.5. The number of benzene rings is 1. The summed E-state index contributed by atoms with van der Waals surface area (Å²) in [6.45, 7) is 4.66. The van der Waals surface area contributed by atoms with Crippen molar-refractivity contribution < 1.29 is 0 Å². The lowest BCUT2D eigenvalue weighted by molar-refractivity contribution is 0.227. The predicted octanol–water partition coefficient (Wildman–Crippen LogP) is 2.17. The van der Waals surface area contributed by atoms with Crippen LogP contribution in [-0.4, -0.2) is 24.0 Å². The predicted molar refractivity (Wildman–Crippen MR) is 63.6 cm³/mol. The summed E-state index contributed by atoms with van der Waals surface area (Å²) in [5.41, 5.74) is 7.52. The van der Waals surface area contributed by atoms with E-state index in [0.717, 1.165) is 0 Å². The molecule has 0 bridgehead atoms. The minimum Gasteiger partial charge on any atom is -0.323 e. The van der Waals surface area contributed by atoms with Crippen molar-refractivity contribution in [3.8, 4) is 0 Å². The standard InChI is InChI=1S/C13H20N2/c1-11(15-9-5-6-10-15)13(14)12-7-3-2-4-8-12/h2-4,7-8,11,13H,5-6,9-10,14H2,1H3/t11-,13-/m0/s1.